The van der Waals surface area contributed by atoms with Gasteiger partial charge in [0.05, 0.1) is 16.9 Å². The van der Waals surface area contributed by atoms with Gasteiger partial charge in [-0.2, -0.15) is 0 Å². The second-order valence-electron chi connectivity index (χ2n) is 7.48. The van der Waals surface area contributed by atoms with Crippen LogP contribution >= 0.6 is 11.6 Å². The lowest BCUT2D eigenvalue weighted by Gasteiger charge is -2.59. The number of halogens is 1. The van der Waals surface area contributed by atoms with Gasteiger partial charge in [0.15, 0.2) is 0 Å². The van der Waals surface area contributed by atoms with Crippen molar-refractivity contribution in [1.29, 1.82) is 0 Å². The number of aromatic nitrogens is 1. The minimum Gasteiger partial charge on any atom is -0.381 e. The van der Waals surface area contributed by atoms with E-state index in [-0.39, 0.29) is 22.4 Å². The van der Waals surface area contributed by atoms with Gasteiger partial charge in [-0.3, -0.25) is 4.79 Å². The zero-order chi connectivity index (χ0) is 16.9. The molecule has 0 radical (unpaired) electrons. The summed E-state index contributed by atoms with van der Waals surface area (Å²) in [7, 11) is 1.82. The van der Waals surface area contributed by atoms with Gasteiger partial charge in [-0.15, -0.1) is 4.91 Å². The average molecular weight is 350 g/mol. The van der Waals surface area contributed by atoms with Crippen molar-refractivity contribution in [3.8, 4) is 0 Å². The van der Waals surface area contributed by atoms with E-state index in [1.54, 1.807) is 6.07 Å². The summed E-state index contributed by atoms with van der Waals surface area (Å²) in [4.78, 5) is 26.3. The molecule has 4 aliphatic rings. The third kappa shape index (κ3) is 2.52. The Morgan fingerprint density at radius 2 is 2.08 bits per heavy atom. The van der Waals surface area contributed by atoms with Crippen LogP contribution in [0.15, 0.2) is 17.4 Å². The molecule has 128 valence electrons. The Kier molecular flexibility index (Phi) is 3.84. The smallest absolute Gasteiger partial charge is 0.320 e. The quantitative estimate of drug-likeness (QED) is 0.663. The number of hydrogen-bond acceptors (Lipinski definition) is 5. The summed E-state index contributed by atoms with van der Waals surface area (Å²) in [6.07, 6.45) is 6.95. The number of anilines is 1. The molecule has 4 fully saturated rings. The van der Waals surface area contributed by atoms with E-state index >= 15 is 0 Å². The maximum atomic E-state index is 11.8. The number of methoxy groups -OCH3 is 1. The number of amides is 1. The van der Waals surface area contributed by atoms with E-state index in [0.717, 1.165) is 18.8 Å². The minimum atomic E-state index is -0.821. The lowest BCUT2D eigenvalue weighted by atomic mass is 9.52. The third-order valence-electron chi connectivity index (χ3n) is 6.16. The second-order valence-corrected chi connectivity index (χ2v) is 7.86. The van der Waals surface area contributed by atoms with E-state index in [9.17, 15) is 9.70 Å². The maximum Gasteiger partial charge on any atom is 0.320 e. The molecule has 5 atom stereocenters. The summed E-state index contributed by atoms with van der Waals surface area (Å²) >= 11 is 5.99. The fourth-order valence-corrected chi connectivity index (χ4v) is 5.54. The van der Waals surface area contributed by atoms with Crippen LogP contribution in [0.3, 0.4) is 0 Å². The number of nitrogens with zero attached hydrogens (tertiary/aromatic N) is 2. The largest absolute Gasteiger partial charge is 0.381 e. The van der Waals surface area contributed by atoms with Gasteiger partial charge < -0.3 is 10.1 Å². The first-order valence-electron chi connectivity index (χ1n) is 8.38. The first kappa shape index (κ1) is 16.0. The summed E-state index contributed by atoms with van der Waals surface area (Å²) < 4.78 is 5.88. The highest BCUT2D eigenvalue weighted by molar-refractivity contribution is 6.29. The summed E-state index contributed by atoms with van der Waals surface area (Å²) in [6, 6.07) is 1.87. The Morgan fingerprint density at radius 1 is 1.38 bits per heavy atom. The van der Waals surface area contributed by atoms with Crippen molar-refractivity contribution < 1.29 is 9.53 Å². The molecule has 24 heavy (non-hydrogen) atoms. The first-order valence-corrected chi connectivity index (χ1v) is 8.76. The number of nitrogens with one attached hydrogen (secondary N) is 1. The van der Waals surface area contributed by atoms with Gasteiger partial charge in [-0.25, -0.2) is 4.98 Å². The summed E-state index contributed by atoms with van der Waals surface area (Å²) in [5.74, 6) is 0.934. The molecule has 4 aliphatic carbocycles. The molecular weight excluding hydrogens is 330 g/mol. The van der Waals surface area contributed by atoms with Gasteiger partial charge in [0.25, 0.3) is 0 Å². The molecule has 1 N–H and O–H groups in total. The van der Waals surface area contributed by atoms with Crippen LogP contribution in [0.25, 0.3) is 0 Å². The van der Waals surface area contributed by atoms with E-state index in [2.05, 4.69) is 15.5 Å². The highest BCUT2D eigenvalue weighted by atomic mass is 35.5. The maximum absolute atomic E-state index is 11.8. The summed E-state index contributed by atoms with van der Waals surface area (Å²) in [5, 5.41) is 6.31. The van der Waals surface area contributed by atoms with Crippen LogP contribution in [0.1, 0.15) is 42.5 Å². The van der Waals surface area contributed by atoms with E-state index < -0.39 is 5.91 Å². The van der Waals surface area contributed by atoms with Crippen molar-refractivity contribution in [2.75, 3.05) is 12.4 Å². The second kappa shape index (κ2) is 5.77. The Morgan fingerprint density at radius 3 is 2.71 bits per heavy atom. The van der Waals surface area contributed by atoms with Gasteiger partial charge in [0.2, 0.25) is 0 Å². The molecule has 7 heteroatoms. The average Bonchev–Trinajstić information content (AvgIpc) is 2.57. The molecule has 3 unspecified atom stereocenters. The van der Waals surface area contributed by atoms with E-state index in [1.165, 1.54) is 25.5 Å². The number of hydrogen-bond donors (Lipinski definition) is 1. The summed E-state index contributed by atoms with van der Waals surface area (Å²) in [6.45, 7) is 0. The number of carbonyl (C=O) groups excluding carboxylic acids is 1. The Bertz CT molecular complexity index is 680. The SMILES string of the molecule is COC12CC3C[C@H](C1)C(Nc1cc(Cl)ncc1C(=O)N=O)[C@@H](C3)C2. The number of ether oxygens (including phenoxy) is 1. The van der Waals surface area contributed by atoms with Crippen LogP contribution in [0.2, 0.25) is 5.15 Å². The van der Waals surface area contributed by atoms with Crippen molar-refractivity contribution in [3.05, 3.63) is 27.9 Å². The highest BCUT2D eigenvalue weighted by Gasteiger charge is 2.55. The van der Waals surface area contributed by atoms with Crippen LogP contribution < -0.4 is 5.32 Å². The molecule has 0 aliphatic heterocycles. The number of nitroso groups, excluding NO2 is 1. The Hall–Kier alpha value is -1.53. The van der Waals surface area contributed by atoms with Gasteiger partial charge in [0.1, 0.15) is 5.15 Å². The fourth-order valence-electron chi connectivity index (χ4n) is 5.38. The predicted octanol–water partition coefficient (Wildman–Crippen LogP) is 3.65. The molecule has 5 rings (SSSR count). The first-order chi connectivity index (χ1) is 11.5. The number of rotatable bonds is 4. The van der Waals surface area contributed by atoms with Gasteiger partial charge in [0, 0.05) is 24.5 Å². The lowest BCUT2D eigenvalue weighted by Crippen LogP contribution is -2.59. The van der Waals surface area contributed by atoms with Crippen molar-refractivity contribution in [3.63, 3.8) is 0 Å². The molecule has 6 nitrogen and oxygen atoms in total. The van der Waals surface area contributed by atoms with Crippen molar-refractivity contribution in [2.24, 2.45) is 22.9 Å². The van der Waals surface area contributed by atoms with E-state index in [0.29, 0.717) is 17.5 Å². The summed E-state index contributed by atoms with van der Waals surface area (Å²) in [5.41, 5.74) is 0.779. The monoisotopic (exact) mass is 349 g/mol. The molecule has 0 aromatic carbocycles. The topological polar surface area (TPSA) is 80.7 Å². The van der Waals surface area contributed by atoms with Gasteiger partial charge in [-0.1, -0.05) is 11.6 Å². The lowest BCUT2D eigenvalue weighted by molar-refractivity contribution is -0.149. The standard InChI is InChI=1S/C17H20ClN3O3/c1-24-17-5-9-2-10(6-17)15(11(3-9)7-17)20-13-4-14(18)19-8-12(13)16(22)21-23/h4,8-11,15H,2-3,5-7H2,1H3,(H,19,20)/t9?,10-,11+,15?,17?. The molecule has 4 bridgehead atoms. The Labute approximate surface area is 145 Å². The van der Waals surface area contributed by atoms with Crippen LogP contribution in [0, 0.1) is 22.7 Å². The number of pyridine rings is 1. The van der Waals surface area contributed by atoms with Crippen molar-refractivity contribution in [2.45, 2.75) is 43.7 Å². The number of carbonyl (C=O) groups is 1. The zero-order valence-electron chi connectivity index (χ0n) is 13.5. The molecular formula is C17H20ClN3O3. The molecule has 1 aromatic heterocycles. The third-order valence-corrected chi connectivity index (χ3v) is 6.36. The van der Waals surface area contributed by atoms with Crippen LogP contribution in [-0.4, -0.2) is 29.6 Å². The van der Waals surface area contributed by atoms with Crippen LogP contribution in [0.4, 0.5) is 5.69 Å². The minimum absolute atomic E-state index is 0.0353. The molecule has 0 spiro atoms. The zero-order valence-corrected chi connectivity index (χ0v) is 14.3. The van der Waals surface area contributed by atoms with E-state index in [4.69, 9.17) is 16.3 Å². The molecule has 0 saturated heterocycles. The Balaban J connectivity index is 1.62. The van der Waals surface area contributed by atoms with Gasteiger partial charge >= 0.3 is 5.91 Å². The predicted molar refractivity (Wildman–Crippen MR) is 90.1 cm³/mol. The van der Waals surface area contributed by atoms with E-state index in [1.807, 2.05) is 7.11 Å². The van der Waals surface area contributed by atoms with Crippen LogP contribution in [-0.2, 0) is 4.74 Å². The molecule has 1 aromatic rings. The highest BCUT2D eigenvalue weighted by Crippen LogP contribution is 2.57. The van der Waals surface area contributed by atoms with Gasteiger partial charge in [-0.05, 0) is 55.9 Å². The molecule has 4 saturated carbocycles. The molecule has 1 amide bonds. The normalized spacial score (nSPS) is 36.6. The van der Waals surface area contributed by atoms with Crippen molar-refractivity contribution >= 4 is 23.2 Å². The fraction of sp³-hybridized carbons (Fsp3) is 0.647. The van der Waals surface area contributed by atoms with Crippen molar-refractivity contribution in [1.82, 2.24) is 4.98 Å². The molecule has 1 heterocycles. The van der Waals surface area contributed by atoms with Crippen LogP contribution in [0.5, 0.6) is 0 Å².